The van der Waals surface area contributed by atoms with Crippen molar-refractivity contribution in [2.45, 2.75) is 39.0 Å². The fourth-order valence-corrected chi connectivity index (χ4v) is 4.69. The van der Waals surface area contributed by atoms with E-state index in [0.29, 0.717) is 13.1 Å². The Labute approximate surface area is 161 Å². The molecule has 2 heterocycles. The molecule has 0 aromatic heterocycles. The van der Waals surface area contributed by atoms with Gasteiger partial charge in [-0.2, -0.15) is 0 Å². The van der Waals surface area contributed by atoms with Crippen molar-refractivity contribution >= 4 is 29.9 Å². The van der Waals surface area contributed by atoms with Crippen LogP contribution in [0.1, 0.15) is 37.7 Å². The van der Waals surface area contributed by atoms with Gasteiger partial charge in [0.1, 0.15) is 0 Å². The molecule has 0 bridgehead atoms. The largest absolute Gasteiger partial charge is 0.369 e. The fourth-order valence-electron chi connectivity index (χ4n) is 4.69. The van der Waals surface area contributed by atoms with E-state index >= 15 is 0 Å². The molecule has 5 nitrogen and oxygen atoms in total. The summed E-state index contributed by atoms with van der Waals surface area (Å²) in [6, 6.07) is 8.46. The monoisotopic (exact) mass is 377 g/mol. The summed E-state index contributed by atoms with van der Waals surface area (Å²) in [5, 5.41) is 0. The molecule has 3 fully saturated rings. The lowest BCUT2D eigenvalue weighted by atomic mass is 9.85. The van der Waals surface area contributed by atoms with Gasteiger partial charge in [0.15, 0.2) is 0 Å². The molecule has 0 unspecified atom stereocenters. The quantitative estimate of drug-likeness (QED) is 0.760. The zero-order valence-electron chi connectivity index (χ0n) is 15.4. The van der Waals surface area contributed by atoms with Gasteiger partial charge in [-0.25, -0.2) is 0 Å². The lowest BCUT2D eigenvalue weighted by Crippen LogP contribution is -2.51. The standard InChI is InChI=1S/C20H27N3O2.ClH/c1-16-6-2-3-7-17(16)22-12-10-21(11-13-22)15-23-18(24)14-20(19(23)25)8-4-5-9-20;/h2-3,6-7H,4-5,8-15H2,1H3;1H. The Bertz CT molecular complexity index is 679. The predicted octanol–water partition coefficient (Wildman–Crippen LogP) is 2.82. The molecule has 1 aromatic rings. The van der Waals surface area contributed by atoms with Crippen LogP contribution >= 0.6 is 12.4 Å². The first-order valence-corrected chi connectivity index (χ1v) is 9.47. The van der Waals surface area contributed by atoms with Crippen molar-refractivity contribution in [3.8, 4) is 0 Å². The molecule has 1 aromatic carbocycles. The molecule has 4 rings (SSSR count). The van der Waals surface area contributed by atoms with Crippen LogP contribution in [0.25, 0.3) is 0 Å². The van der Waals surface area contributed by atoms with Gasteiger partial charge in [0.25, 0.3) is 0 Å². The van der Waals surface area contributed by atoms with Crippen LogP contribution in [0.2, 0.25) is 0 Å². The Balaban J connectivity index is 0.00000196. The van der Waals surface area contributed by atoms with Crippen molar-refractivity contribution in [2.24, 2.45) is 5.41 Å². The first-order valence-electron chi connectivity index (χ1n) is 9.47. The number of nitrogens with zero attached hydrogens (tertiary/aromatic N) is 3. The summed E-state index contributed by atoms with van der Waals surface area (Å²) < 4.78 is 0. The van der Waals surface area contributed by atoms with Gasteiger partial charge in [-0.3, -0.25) is 19.4 Å². The number of likely N-dealkylation sites (tertiary alicyclic amines) is 1. The van der Waals surface area contributed by atoms with E-state index in [1.807, 2.05) is 0 Å². The minimum absolute atomic E-state index is 0. The van der Waals surface area contributed by atoms with Gasteiger partial charge in [-0.05, 0) is 31.4 Å². The molecule has 1 aliphatic carbocycles. The Morgan fingerprint density at radius 2 is 1.65 bits per heavy atom. The molecule has 1 spiro atoms. The van der Waals surface area contributed by atoms with Gasteiger partial charge in [-0.15, -0.1) is 12.4 Å². The van der Waals surface area contributed by atoms with Gasteiger partial charge in [0.2, 0.25) is 11.8 Å². The molecule has 0 atom stereocenters. The number of imide groups is 1. The smallest absolute Gasteiger partial charge is 0.237 e. The number of rotatable bonds is 3. The van der Waals surface area contributed by atoms with Crippen LogP contribution in [0.3, 0.4) is 0 Å². The maximum absolute atomic E-state index is 12.8. The van der Waals surface area contributed by atoms with Crippen molar-refractivity contribution in [2.75, 3.05) is 37.7 Å². The van der Waals surface area contributed by atoms with Crippen molar-refractivity contribution < 1.29 is 9.59 Å². The third-order valence-electron chi connectivity index (χ3n) is 6.22. The maximum Gasteiger partial charge on any atom is 0.237 e. The highest BCUT2D eigenvalue weighted by atomic mass is 35.5. The predicted molar refractivity (Wildman–Crippen MR) is 104 cm³/mol. The fraction of sp³-hybridized carbons (Fsp3) is 0.600. The van der Waals surface area contributed by atoms with Crippen molar-refractivity contribution in [1.29, 1.82) is 0 Å². The van der Waals surface area contributed by atoms with Gasteiger partial charge >= 0.3 is 0 Å². The molecule has 2 amide bonds. The van der Waals surface area contributed by atoms with E-state index in [4.69, 9.17) is 0 Å². The highest BCUT2D eigenvalue weighted by molar-refractivity contribution is 6.06. The van der Waals surface area contributed by atoms with E-state index in [-0.39, 0.29) is 29.6 Å². The van der Waals surface area contributed by atoms with Gasteiger partial charge in [-0.1, -0.05) is 31.0 Å². The number of para-hydroxylation sites is 1. The second kappa shape index (κ2) is 7.57. The number of hydrogen-bond donors (Lipinski definition) is 0. The minimum Gasteiger partial charge on any atom is -0.369 e. The zero-order valence-corrected chi connectivity index (χ0v) is 16.3. The number of aryl methyl sites for hydroxylation is 1. The molecular weight excluding hydrogens is 350 g/mol. The van der Waals surface area contributed by atoms with Crippen molar-refractivity contribution in [1.82, 2.24) is 9.80 Å². The van der Waals surface area contributed by atoms with Crippen molar-refractivity contribution in [3.05, 3.63) is 29.8 Å². The van der Waals surface area contributed by atoms with Crippen LogP contribution in [0.4, 0.5) is 5.69 Å². The number of carbonyl (C=O) groups excluding carboxylic acids is 2. The number of halogens is 1. The molecule has 0 radical (unpaired) electrons. The summed E-state index contributed by atoms with van der Waals surface area (Å²) >= 11 is 0. The lowest BCUT2D eigenvalue weighted by Gasteiger charge is -2.38. The molecule has 0 N–H and O–H groups in total. The number of anilines is 1. The second-order valence-corrected chi connectivity index (χ2v) is 7.82. The normalized spacial score (nSPS) is 23.0. The Kier molecular flexibility index (Phi) is 5.58. The maximum atomic E-state index is 12.8. The number of hydrogen-bond acceptors (Lipinski definition) is 4. The van der Waals surface area contributed by atoms with E-state index in [1.165, 1.54) is 16.2 Å². The van der Waals surface area contributed by atoms with E-state index < -0.39 is 0 Å². The summed E-state index contributed by atoms with van der Waals surface area (Å²) in [5.41, 5.74) is 2.24. The molecule has 1 saturated carbocycles. The highest BCUT2D eigenvalue weighted by Crippen LogP contribution is 2.46. The topological polar surface area (TPSA) is 43.9 Å². The minimum atomic E-state index is -0.347. The number of carbonyl (C=O) groups is 2. The third-order valence-corrected chi connectivity index (χ3v) is 6.22. The summed E-state index contributed by atoms with van der Waals surface area (Å²) in [6.45, 7) is 6.26. The summed E-state index contributed by atoms with van der Waals surface area (Å²) in [7, 11) is 0. The number of piperazine rings is 1. The van der Waals surface area contributed by atoms with Gasteiger partial charge < -0.3 is 4.90 Å². The third kappa shape index (κ3) is 3.35. The molecule has 3 aliphatic rings. The summed E-state index contributed by atoms with van der Waals surface area (Å²) in [6.07, 6.45) is 4.41. The summed E-state index contributed by atoms with van der Waals surface area (Å²) in [4.78, 5) is 31.4. The summed E-state index contributed by atoms with van der Waals surface area (Å²) in [5.74, 6) is 0.129. The zero-order chi connectivity index (χ0) is 17.4. The Hall–Kier alpha value is -1.59. The molecule has 6 heteroatoms. The molecular formula is C20H28ClN3O2. The van der Waals surface area contributed by atoms with Gasteiger partial charge in [0, 0.05) is 38.3 Å². The van der Waals surface area contributed by atoms with Crippen LogP contribution in [0, 0.1) is 12.3 Å². The first kappa shape index (κ1) is 19.2. The molecule has 2 aliphatic heterocycles. The molecule has 2 saturated heterocycles. The SMILES string of the molecule is Cc1ccccc1N1CCN(CN2C(=O)CC3(CCCC3)C2=O)CC1.Cl. The van der Waals surface area contributed by atoms with Crippen LogP contribution in [0.5, 0.6) is 0 Å². The number of amides is 2. The number of benzene rings is 1. The van der Waals surface area contributed by atoms with Crippen molar-refractivity contribution in [3.63, 3.8) is 0 Å². The second-order valence-electron chi connectivity index (χ2n) is 7.82. The van der Waals surface area contributed by atoms with Crippen LogP contribution in [-0.4, -0.2) is 54.5 Å². The van der Waals surface area contributed by atoms with E-state index in [9.17, 15) is 9.59 Å². The van der Waals surface area contributed by atoms with E-state index in [0.717, 1.165) is 51.9 Å². The average Bonchev–Trinajstić information content (AvgIpc) is 3.17. The first-order chi connectivity index (χ1) is 12.1. The van der Waals surface area contributed by atoms with Gasteiger partial charge in [0.05, 0.1) is 12.1 Å². The molecule has 26 heavy (non-hydrogen) atoms. The Morgan fingerprint density at radius 1 is 1.00 bits per heavy atom. The van der Waals surface area contributed by atoms with Crippen LogP contribution in [-0.2, 0) is 9.59 Å². The van der Waals surface area contributed by atoms with E-state index in [2.05, 4.69) is 41.0 Å². The van der Waals surface area contributed by atoms with E-state index in [1.54, 1.807) is 0 Å². The highest BCUT2D eigenvalue weighted by Gasteiger charge is 2.52. The lowest BCUT2D eigenvalue weighted by molar-refractivity contribution is -0.143. The van der Waals surface area contributed by atoms with Crippen LogP contribution < -0.4 is 4.90 Å². The Morgan fingerprint density at radius 3 is 2.31 bits per heavy atom. The average molecular weight is 378 g/mol. The van der Waals surface area contributed by atoms with Crippen LogP contribution in [0.15, 0.2) is 24.3 Å². The molecule has 142 valence electrons.